The highest BCUT2D eigenvalue weighted by Gasteiger charge is 2.23. The molecule has 200 valence electrons. The first kappa shape index (κ1) is 29.1. The monoisotopic (exact) mass is 556 g/mol. The lowest BCUT2D eigenvalue weighted by molar-refractivity contribution is -0.148. The number of carbonyl (C=O) groups excluding carboxylic acids is 1. The molecule has 0 spiro atoms. The Morgan fingerprint density at radius 3 is 2.18 bits per heavy atom. The Hall–Kier alpha value is -3.42. The third-order valence-corrected chi connectivity index (χ3v) is 6.93. The fourth-order valence-corrected chi connectivity index (χ4v) is 4.85. The van der Waals surface area contributed by atoms with Crippen LogP contribution in [0.4, 0.5) is 4.39 Å². The van der Waals surface area contributed by atoms with E-state index in [0.717, 1.165) is 5.56 Å². The molecule has 0 unspecified atom stereocenters. The van der Waals surface area contributed by atoms with Gasteiger partial charge in [0.2, 0.25) is 0 Å². The van der Waals surface area contributed by atoms with E-state index >= 15 is 0 Å². The molecule has 0 radical (unpaired) electrons. The van der Waals surface area contributed by atoms with Crippen molar-refractivity contribution in [1.29, 1.82) is 0 Å². The van der Waals surface area contributed by atoms with Gasteiger partial charge in [0.05, 0.1) is 5.02 Å². The van der Waals surface area contributed by atoms with Crippen LogP contribution in [-0.2, 0) is 23.8 Å². The summed E-state index contributed by atoms with van der Waals surface area (Å²) in [6.45, 7) is 9.03. The van der Waals surface area contributed by atoms with Crippen molar-refractivity contribution in [1.82, 2.24) is 0 Å². The molecule has 38 heavy (non-hydrogen) atoms. The van der Waals surface area contributed by atoms with Gasteiger partial charge in [-0.1, -0.05) is 66.6 Å². The second kappa shape index (κ2) is 12.0. The molecule has 3 rings (SSSR count). The number of benzene rings is 3. The lowest BCUT2D eigenvalue weighted by Gasteiger charge is -2.18. The van der Waals surface area contributed by atoms with E-state index in [2.05, 4.69) is 0 Å². The minimum Gasteiger partial charge on any atom is -0.457 e. The predicted molar refractivity (Wildman–Crippen MR) is 149 cm³/mol. The average Bonchev–Trinajstić information content (AvgIpc) is 2.83. The van der Waals surface area contributed by atoms with Gasteiger partial charge in [0, 0.05) is 22.8 Å². The summed E-state index contributed by atoms with van der Waals surface area (Å²) < 4.78 is 51.3. The van der Waals surface area contributed by atoms with Gasteiger partial charge in [-0.3, -0.25) is 0 Å². The van der Waals surface area contributed by atoms with Gasteiger partial charge in [-0.25, -0.2) is 9.18 Å². The van der Waals surface area contributed by atoms with Gasteiger partial charge in [0.15, 0.2) is 5.76 Å². The summed E-state index contributed by atoms with van der Waals surface area (Å²) >= 11 is 6.35. The van der Waals surface area contributed by atoms with Gasteiger partial charge in [-0.2, -0.15) is 8.42 Å². The smallest absolute Gasteiger partial charge is 0.339 e. The van der Waals surface area contributed by atoms with Gasteiger partial charge in [-0.15, -0.1) is 0 Å². The highest BCUT2D eigenvalue weighted by molar-refractivity contribution is 7.87. The molecule has 0 N–H and O–H groups in total. The molecule has 3 aromatic carbocycles. The molecule has 0 saturated carbocycles. The molecular formula is C30H30ClFO5S. The van der Waals surface area contributed by atoms with Crippen LogP contribution in [0.2, 0.25) is 5.02 Å². The van der Waals surface area contributed by atoms with E-state index in [4.69, 9.17) is 20.5 Å². The summed E-state index contributed by atoms with van der Waals surface area (Å²) in [7, 11) is -4.21. The molecule has 0 saturated heterocycles. The summed E-state index contributed by atoms with van der Waals surface area (Å²) in [5.74, 6) is -0.914. The van der Waals surface area contributed by atoms with Gasteiger partial charge in [0.25, 0.3) is 0 Å². The fourth-order valence-electron chi connectivity index (χ4n) is 3.59. The number of esters is 1. The highest BCUT2D eigenvalue weighted by atomic mass is 35.5. The van der Waals surface area contributed by atoms with E-state index in [0.29, 0.717) is 28.7 Å². The Labute approximate surface area is 228 Å². The number of hydrogen-bond acceptors (Lipinski definition) is 5. The molecule has 0 aliphatic carbocycles. The lowest BCUT2D eigenvalue weighted by Crippen LogP contribution is -2.22. The van der Waals surface area contributed by atoms with Crippen LogP contribution in [0.25, 0.3) is 17.4 Å². The number of halogens is 2. The fraction of sp³-hybridized carbons (Fsp3) is 0.233. The second-order valence-corrected chi connectivity index (χ2v) is 11.6. The Morgan fingerprint density at radius 2 is 1.63 bits per heavy atom. The lowest BCUT2D eigenvalue weighted by atomic mass is 9.98. The molecule has 0 bridgehead atoms. The standard InChI is InChI=1S/C30H30ClFO5S/c1-6-25(26-17-14-23(32)19-27(26)31)29(37-38(34,35)24-15-7-20(2)8-16-24)22-12-9-21(10-13-22)11-18-28(33)36-30(3,4)5/h7-19H,6H2,1-5H3/b18-11+,29-25+. The van der Waals surface area contributed by atoms with E-state index in [1.165, 1.54) is 36.4 Å². The molecular weight excluding hydrogens is 527 g/mol. The third kappa shape index (κ3) is 7.79. The summed E-state index contributed by atoms with van der Waals surface area (Å²) in [6, 6.07) is 17.0. The Kier molecular flexibility index (Phi) is 9.18. The topological polar surface area (TPSA) is 69.7 Å². The molecule has 0 aromatic heterocycles. The minimum absolute atomic E-state index is 0.00169. The first-order chi connectivity index (χ1) is 17.8. The van der Waals surface area contributed by atoms with Crippen molar-refractivity contribution >= 4 is 45.1 Å². The van der Waals surface area contributed by atoms with Crippen molar-refractivity contribution in [3.05, 3.63) is 106 Å². The molecule has 0 atom stereocenters. The number of hydrogen-bond donors (Lipinski definition) is 0. The first-order valence-corrected chi connectivity index (χ1v) is 13.8. The maximum Gasteiger partial charge on any atom is 0.339 e. The van der Waals surface area contributed by atoms with Crippen molar-refractivity contribution in [3.8, 4) is 0 Å². The third-order valence-electron chi connectivity index (χ3n) is 5.38. The van der Waals surface area contributed by atoms with Crippen LogP contribution in [0.1, 0.15) is 56.4 Å². The SMILES string of the molecule is CC/C(=C(\OS(=O)(=O)c1ccc(C)cc1)c1ccc(/C=C/C(=O)OC(C)(C)C)cc1)c1ccc(F)cc1Cl. The van der Waals surface area contributed by atoms with Crippen LogP contribution in [0, 0.1) is 12.7 Å². The maximum absolute atomic E-state index is 13.8. The number of aryl methyl sites for hydroxylation is 1. The van der Waals surface area contributed by atoms with Crippen LogP contribution >= 0.6 is 11.6 Å². The largest absolute Gasteiger partial charge is 0.457 e. The second-order valence-electron chi connectivity index (χ2n) is 9.62. The molecule has 0 amide bonds. The van der Waals surface area contributed by atoms with Gasteiger partial charge in [0.1, 0.15) is 16.3 Å². The summed E-state index contributed by atoms with van der Waals surface area (Å²) in [5.41, 5.74) is 2.40. The van der Waals surface area contributed by atoms with Crippen molar-refractivity contribution in [2.75, 3.05) is 0 Å². The predicted octanol–water partition coefficient (Wildman–Crippen LogP) is 7.83. The molecule has 3 aromatic rings. The van der Waals surface area contributed by atoms with Crippen LogP contribution in [-0.4, -0.2) is 20.0 Å². The normalized spacial score (nSPS) is 12.8. The van der Waals surface area contributed by atoms with Crippen molar-refractivity contribution in [2.24, 2.45) is 0 Å². The molecule has 8 heteroatoms. The van der Waals surface area contributed by atoms with Crippen molar-refractivity contribution < 1.29 is 26.5 Å². The van der Waals surface area contributed by atoms with E-state index in [-0.39, 0.29) is 15.7 Å². The van der Waals surface area contributed by atoms with Gasteiger partial charge >= 0.3 is 16.1 Å². The van der Waals surface area contributed by atoms with Crippen molar-refractivity contribution in [3.63, 3.8) is 0 Å². The zero-order chi connectivity index (χ0) is 28.1. The van der Waals surface area contributed by atoms with E-state index in [1.807, 2.05) is 13.8 Å². The van der Waals surface area contributed by atoms with Crippen molar-refractivity contribution in [2.45, 2.75) is 51.5 Å². The molecule has 5 nitrogen and oxygen atoms in total. The average molecular weight is 557 g/mol. The number of ether oxygens (including phenoxy) is 1. The maximum atomic E-state index is 13.8. The van der Waals surface area contributed by atoms with Crippen LogP contribution in [0.3, 0.4) is 0 Å². The number of carbonyl (C=O) groups is 1. The Balaban J connectivity index is 2.07. The molecule has 0 aliphatic heterocycles. The van der Waals surface area contributed by atoms with Crippen LogP contribution in [0.5, 0.6) is 0 Å². The van der Waals surface area contributed by atoms with Crippen LogP contribution in [0.15, 0.2) is 77.7 Å². The minimum atomic E-state index is -4.21. The number of allylic oxidation sites excluding steroid dienone is 1. The zero-order valence-electron chi connectivity index (χ0n) is 21.9. The molecule has 0 heterocycles. The summed E-state index contributed by atoms with van der Waals surface area (Å²) in [4.78, 5) is 12.0. The first-order valence-electron chi connectivity index (χ1n) is 12.0. The summed E-state index contributed by atoms with van der Waals surface area (Å²) in [5, 5.41) is 0.132. The van der Waals surface area contributed by atoms with Gasteiger partial charge in [-0.05, 0) is 70.0 Å². The number of rotatable bonds is 8. The summed E-state index contributed by atoms with van der Waals surface area (Å²) in [6.07, 6.45) is 3.28. The highest BCUT2D eigenvalue weighted by Crippen LogP contribution is 2.36. The molecule has 0 aliphatic rings. The van der Waals surface area contributed by atoms with E-state index in [1.54, 1.807) is 63.2 Å². The zero-order valence-corrected chi connectivity index (χ0v) is 23.5. The molecule has 0 fully saturated rings. The van der Waals surface area contributed by atoms with Crippen LogP contribution < -0.4 is 0 Å². The quantitative estimate of drug-likeness (QED) is 0.0929. The Bertz CT molecular complexity index is 1470. The Morgan fingerprint density at radius 1 is 1.00 bits per heavy atom. The van der Waals surface area contributed by atoms with Gasteiger partial charge < -0.3 is 8.92 Å². The van der Waals surface area contributed by atoms with E-state index < -0.39 is 27.5 Å². The van der Waals surface area contributed by atoms with E-state index in [9.17, 15) is 17.6 Å².